The number of sulfonamides is 1. The van der Waals surface area contributed by atoms with Gasteiger partial charge in [-0.05, 0) is 34.1 Å². The van der Waals surface area contributed by atoms with Crippen molar-refractivity contribution in [1.82, 2.24) is 9.78 Å². The Morgan fingerprint density at radius 1 is 1.11 bits per heavy atom. The zero-order chi connectivity index (χ0) is 25.8. The summed E-state index contributed by atoms with van der Waals surface area (Å²) >= 11 is 3.33. The molecule has 0 radical (unpaired) electrons. The van der Waals surface area contributed by atoms with Crippen molar-refractivity contribution in [2.75, 3.05) is 32.7 Å². The molecule has 0 saturated carbocycles. The van der Waals surface area contributed by atoms with E-state index in [4.69, 9.17) is 4.74 Å². The van der Waals surface area contributed by atoms with Crippen LogP contribution in [0.1, 0.15) is 23.8 Å². The first-order valence-electron chi connectivity index (χ1n) is 10.1. The third-order valence-electron chi connectivity index (χ3n) is 4.99. The van der Waals surface area contributed by atoms with E-state index >= 15 is 4.39 Å². The topological polar surface area (TPSA) is 91.7 Å². The van der Waals surface area contributed by atoms with E-state index < -0.39 is 39.1 Å². The van der Waals surface area contributed by atoms with Crippen molar-refractivity contribution in [3.05, 3.63) is 64.0 Å². The number of nitrogens with one attached hydrogen (secondary N) is 1. The number of nitrogens with zero attached hydrogens (tertiary/aromatic N) is 2. The lowest BCUT2D eigenvalue weighted by molar-refractivity contribution is -0.0113. The molecule has 3 aromatic rings. The molecular weight excluding hydrogens is 555 g/mol. The molecule has 0 aliphatic rings. The van der Waals surface area contributed by atoms with Gasteiger partial charge < -0.3 is 14.2 Å². The number of hydrogen-bond donors (Lipinski definition) is 1. The Morgan fingerprint density at radius 3 is 2.49 bits per heavy atom. The second-order valence-corrected chi connectivity index (χ2v) is 9.76. The maximum atomic E-state index is 15.4. The maximum Gasteiger partial charge on any atom is 0.262 e. The Bertz CT molecular complexity index is 1290. The highest BCUT2D eigenvalue weighted by Crippen LogP contribution is 2.35. The third kappa shape index (κ3) is 6.04. The minimum atomic E-state index is -4.59. The molecule has 2 atom stereocenters. The fraction of sp³-hybridized carbons (Fsp3) is 0.318. The molecule has 0 aliphatic heterocycles. The fourth-order valence-corrected chi connectivity index (χ4v) is 5.10. The second-order valence-electron chi connectivity index (χ2n) is 7.25. The van der Waals surface area contributed by atoms with E-state index in [0.717, 1.165) is 26.4 Å². The van der Waals surface area contributed by atoms with Crippen LogP contribution in [0.25, 0.3) is 11.3 Å². The quantitative estimate of drug-likeness (QED) is 0.340. The number of alkyl halides is 2. The molecule has 3 rings (SSSR count). The molecule has 13 heteroatoms. The minimum Gasteiger partial charge on any atom is -0.383 e. The fourth-order valence-electron chi connectivity index (χ4n) is 3.25. The predicted molar refractivity (Wildman–Crippen MR) is 126 cm³/mol. The average Bonchev–Trinajstić information content (AvgIpc) is 3.22. The third-order valence-corrected chi connectivity index (χ3v) is 6.99. The smallest absolute Gasteiger partial charge is 0.262 e. The Balaban J connectivity index is 2.03. The average molecular weight is 578 g/mol. The Kier molecular flexibility index (Phi) is 8.94. The lowest BCUT2D eigenvalue weighted by atomic mass is 10.1. The number of ether oxygens (including phenoxy) is 3. The van der Waals surface area contributed by atoms with Crippen molar-refractivity contribution in [3.63, 3.8) is 0 Å². The summed E-state index contributed by atoms with van der Waals surface area (Å²) in [7, 11) is -0.915. The van der Waals surface area contributed by atoms with E-state index in [9.17, 15) is 17.2 Å². The monoisotopic (exact) mass is 577 g/mol. The van der Waals surface area contributed by atoms with Crippen LogP contribution in [-0.2, 0) is 30.8 Å². The molecule has 35 heavy (non-hydrogen) atoms. The van der Waals surface area contributed by atoms with E-state index in [1.165, 1.54) is 31.4 Å². The van der Waals surface area contributed by atoms with Crippen molar-refractivity contribution >= 4 is 31.6 Å². The van der Waals surface area contributed by atoms with Gasteiger partial charge in [0.25, 0.3) is 10.0 Å². The molecule has 0 fully saturated rings. The normalized spacial score (nSPS) is 13.6. The summed E-state index contributed by atoms with van der Waals surface area (Å²) < 4.78 is 88.6. The first kappa shape index (κ1) is 27.1. The molecule has 1 heterocycles. The van der Waals surface area contributed by atoms with Gasteiger partial charge in [-0.15, -0.1) is 0 Å². The summed E-state index contributed by atoms with van der Waals surface area (Å²) in [5, 5.41) is 4.31. The molecule has 2 aromatic carbocycles. The highest BCUT2D eigenvalue weighted by Gasteiger charge is 2.27. The van der Waals surface area contributed by atoms with Crippen LogP contribution in [0, 0.1) is 5.82 Å². The second kappa shape index (κ2) is 11.5. The number of benzene rings is 2. The molecule has 0 spiro atoms. The van der Waals surface area contributed by atoms with Gasteiger partial charge in [0.15, 0.2) is 5.82 Å². The largest absolute Gasteiger partial charge is 0.383 e. The molecule has 0 saturated heterocycles. The van der Waals surface area contributed by atoms with Crippen molar-refractivity contribution in [2.45, 2.75) is 24.2 Å². The Morgan fingerprint density at radius 2 is 1.83 bits per heavy atom. The van der Waals surface area contributed by atoms with Crippen LogP contribution in [-0.4, -0.2) is 46.1 Å². The van der Waals surface area contributed by atoms with E-state index in [0.29, 0.717) is 17.6 Å². The van der Waals surface area contributed by atoms with E-state index in [1.54, 1.807) is 10.9 Å². The van der Waals surface area contributed by atoms with Gasteiger partial charge in [0.2, 0.25) is 12.7 Å². The number of aromatic nitrogens is 2. The zero-order valence-electron chi connectivity index (χ0n) is 19.0. The van der Waals surface area contributed by atoms with Gasteiger partial charge in [0.1, 0.15) is 5.69 Å². The summed E-state index contributed by atoms with van der Waals surface area (Å²) in [6.45, 7) is 0.806. The highest BCUT2D eigenvalue weighted by molar-refractivity contribution is 9.10. The number of halogens is 4. The zero-order valence-corrected chi connectivity index (χ0v) is 21.4. The van der Waals surface area contributed by atoms with Gasteiger partial charge in [-0.25, -0.2) is 21.6 Å². The van der Waals surface area contributed by atoms with Gasteiger partial charge in [-0.3, -0.25) is 9.40 Å². The summed E-state index contributed by atoms with van der Waals surface area (Å²) in [5.74, 6) is -0.907. The molecule has 2 unspecified atom stereocenters. The van der Waals surface area contributed by atoms with Crippen LogP contribution in [0.5, 0.6) is 0 Å². The van der Waals surface area contributed by atoms with Crippen molar-refractivity contribution in [2.24, 2.45) is 0 Å². The maximum absolute atomic E-state index is 15.4. The summed E-state index contributed by atoms with van der Waals surface area (Å²) in [5.41, 5.74) is -0.701. The number of methoxy groups -OCH3 is 3. The van der Waals surface area contributed by atoms with Crippen LogP contribution < -0.4 is 4.72 Å². The lowest BCUT2D eigenvalue weighted by Crippen LogP contribution is -2.18. The van der Waals surface area contributed by atoms with E-state index in [-0.39, 0.29) is 22.4 Å². The van der Waals surface area contributed by atoms with Crippen molar-refractivity contribution in [1.29, 1.82) is 0 Å². The molecule has 1 aromatic heterocycles. The highest BCUT2D eigenvalue weighted by atomic mass is 79.9. The van der Waals surface area contributed by atoms with Crippen molar-refractivity contribution in [3.8, 4) is 11.3 Å². The van der Waals surface area contributed by atoms with Crippen LogP contribution in [0.15, 0.2) is 52.0 Å². The molecule has 0 amide bonds. The predicted octanol–water partition coefficient (Wildman–Crippen LogP) is 5.13. The van der Waals surface area contributed by atoms with Crippen molar-refractivity contribution < 1.29 is 35.8 Å². The summed E-state index contributed by atoms with van der Waals surface area (Å²) in [6.07, 6.45) is -2.44. The summed E-state index contributed by atoms with van der Waals surface area (Å²) in [6, 6.07) is 7.22. The van der Waals surface area contributed by atoms with Crippen LogP contribution in [0.2, 0.25) is 0 Å². The first-order chi connectivity index (χ1) is 16.6. The minimum absolute atomic E-state index is 0.0191. The van der Waals surface area contributed by atoms with Gasteiger partial charge in [0, 0.05) is 44.2 Å². The van der Waals surface area contributed by atoms with Gasteiger partial charge >= 0.3 is 0 Å². The SMILES string of the molecule is COCCn1cc(Br)c(-c2cccc(NS(=O)(=O)c3cc(C(F)OC)ccc3C(F)OC)c2F)n1. The molecule has 190 valence electrons. The van der Waals surface area contributed by atoms with Crippen LogP contribution in [0.4, 0.5) is 18.9 Å². The first-order valence-corrected chi connectivity index (χ1v) is 12.4. The van der Waals surface area contributed by atoms with Gasteiger partial charge in [-0.2, -0.15) is 5.10 Å². The van der Waals surface area contributed by atoms with Gasteiger partial charge in [0.05, 0.1) is 28.2 Å². The van der Waals surface area contributed by atoms with Gasteiger partial charge in [-0.1, -0.05) is 18.2 Å². The Labute approximate surface area is 209 Å². The standard InChI is InChI=1S/C22H23BrF3N3O5S/c1-32-10-9-29-12-16(23)20(27-29)15-5-4-6-17(19(15)24)28-35(30,31)18-11-13(21(25)33-2)7-8-14(18)22(26)34-3/h4-8,11-12,21-22,28H,9-10H2,1-3H3. The number of anilines is 1. The lowest BCUT2D eigenvalue weighted by Gasteiger charge is -2.17. The summed E-state index contributed by atoms with van der Waals surface area (Å²) in [4.78, 5) is -0.626. The number of rotatable bonds is 11. The number of hydrogen-bond acceptors (Lipinski definition) is 6. The van der Waals surface area contributed by atoms with E-state index in [1.807, 2.05) is 0 Å². The molecule has 1 N–H and O–H groups in total. The molecule has 0 bridgehead atoms. The molecule has 0 aliphatic carbocycles. The molecule has 8 nitrogen and oxygen atoms in total. The Hall–Kier alpha value is -2.45. The molecular formula is C22H23BrF3N3O5S. The van der Waals surface area contributed by atoms with E-state index in [2.05, 4.69) is 35.2 Å². The van der Waals surface area contributed by atoms with Crippen LogP contribution >= 0.6 is 15.9 Å². The van der Waals surface area contributed by atoms with Crippen LogP contribution in [0.3, 0.4) is 0 Å².